The zero-order valence-corrected chi connectivity index (χ0v) is 26.8. The van der Waals surface area contributed by atoms with Crippen molar-refractivity contribution in [1.29, 1.82) is 0 Å². The van der Waals surface area contributed by atoms with Crippen LogP contribution in [0.5, 0.6) is 11.5 Å². The van der Waals surface area contributed by atoms with E-state index in [-0.39, 0.29) is 23.8 Å². The minimum Gasteiger partial charge on any atom is -0.481 e. The van der Waals surface area contributed by atoms with Crippen LogP contribution in [0.4, 0.5) is 5.69 Å². The van der Waals surface area contributed by atoms with Gasteiger partial charge >= 0.3 is 0 Å². The van der Waals surface area contributed by atoms with Crippen LogP contribution in [0.3, 0.4) is 0 Å². The molecule has 0 saturated heterocycles. The van der Waals surface area contributed by atoms with Gasteiger partial charge in [0.05, 0.1) is 11.3 Å². The molecule has 1 amide bonds. The molecular weight excluding hydrogens is 536 g/mol. The Bertz CT molecular complexity index is 1510. The van der Waals surface area contributed by atoms with Gasteiger partial charge in [-0.3, -0.25) is 9.59 Å². The number of pyridine rings is 1. The molecule has 230 valence electrons. The van der Waals surface area contributed by atoms with E-state index >= 15 is 0 Å². The predicted octanol–water partition coefficient (Wildman–Crippen LogP) is 9.60. The summed E-state index contributed by atoms with van der Waals surface area (Å²) >= 11 is 0. The lowest BCUT2D eigenvalue weighted by atomic mass is 10.1. The maximum atomic E-state index is 14.1. The summed E-state index contributed by atoms with van der Waals surface area (Å²) in [5.74, 6) is 1.17. The molecule has 2 aromatic carbocycles. The van der Waals surface area contributed by atoms with Gasteiger partial charge in [-0.2, -0.15) is 0 Å². The number of allylic oxidation sites excluding steroid dienone is 5. The second kappa shape index (κ2) is 17.2. The Labute approximate surface area is 257 Å². The maximum Gasteiger partial charge on any atom is 0.297 e. The average Bonchev–Trinajstić information content (AvgIpc) is 3.00. The molecule has 3 aromatic rings. The molecule has 0 saturated carbocycles. The molecule has 1 heterocycles. The normalized spacial score (nSPS) is 11.9. The number of carbonyl (C=O) groups is 1. The van der Waals surface area contributed by atoms with Gasteiger partial charge < -0.3 is 19.4 Å². The van der Waals surface area contributed by atoms with Gasteiger partial charge in [-0.05, 0) is 89.4 Å². The number of carbonyl (C=O) groups excluding carboxylic acids is 1. The van der Waals surface area contributed by atoms with Crippen LogP contribution in [0.1, 0.15) is 96.8 Å². The third kappa shape index (κ3) is 9.74. The highest BCUT2D eigenvalue weighted by molar-refractivity contribution is 6.05. The summed E-state index contributed by atoms with van der Waals surface area (Å²) < 4.78 is 14.4. The van der Waals surface area contributed by atoms with E-state index in [2.05, 4.69) is 39.1 Å². The number of hydrogen-bond donors (Lipinski definition) is 1. The summed E-state index contributed by atoms with van der Waals surface area (Å²) in [5, 5.41) is 3.76. The van der Waals surface area contributed by atoms with Crippen LogP contribution in [0.2, 0.25) is 0 Å². The molecule has 0 aliphatic rings. The number of rotatable bonds is 16. The Morgan fingerprint density at radius 2 is 1.72 bits per heavy atom. The van der Waals surface area contributed by atoms with E-state index in [1.807, 2.05) is 62.4 Å². The summed E-state index contributed by atoms with van der Waals surface area (Å²) in [4.78, 5) is 27.0. The van der Waals surface area contributed by atoms with E-state index in [0.29, 0.717) is 35.5 Å². The van der Waals surface area contributed by atoms with Crippen LogP contribution >= 0.6 is 0 Å². The zero-order chi connectivity index (χ0) is 31.2. The lowest BCUT2D eigenvalue weighted by Gasteiger charge is -2.20. The molecule has 43 heavy (non-hydrogen) atoms. The lowest BCUT2D eigenvalue weighted by molar-refractivity contribution is 0.102. The van der Waals surface area contributed by atoms with Gasteiger partial charge in [0.25, 0.3) is 11.5 Å². The molecule has 0 spiro atoms. The van der Waals surface area contributed by atoms with E-state index in [1.165, 1.54) is 11.1 Å². The van der Waals surface area contributed by atoms with Crippen LogP contribution in [-0.4, -0.2) is 17.1 Å². The number of unbranched alkanes of at least 4 members (excludes halogenated alkanes) is 3. The standard InChI is InChI=1S/C37H48N2O4/c1-7-10-11-15-24-39-33-26-30(38-36(40)29-19-13-12-14-20-29)21-22-32(33)34(43-31(8-2)9-3)35(37(39)41)42-25-23-28(6)18-16-17-27(4)5/h8,12-14,17,19-23,26H,7,9-11,15-16,18,24-25H2,1-6H3,(H,38,40)/b28-23+,31-8?. The number of benzene rings is 2. The Balaban J connectivity index is 2.08. The first kappa shape index (κ1) is 33.4. The number of hydrogen-bond acceptors (Lipinski definition) is 4. The highest BCUT2D eigenvalue weighted by atomic mass is 16.5. The van der Waals surface area contributed by atoms with Crippen molar-refractivity contribution in [3.8, 4) is 11.5 Å². The number of anilines is 1. The number of amides is 1. The van der Waals surface area contributed by atoms with Crippen LogP contribution in [0.25, 0.3) is 10.9 Å². The summed E-state index contributed by atoms with van der Waals surface area (Å²) in [6, 6.07) is 14.7. The molecule has 0 aliphatic heterocycles. The predicted molar refractivity (Wildman–Crippen MR) is 179 cm³/mol. The molecule has 0 aliphatic carbocycles. The van der Waals surface area contributed by atoms with Crippen LogP contribution in [0.15, 0.2) is 88.5 Å². The second-order valence-corrected chi connectivity index (χ2v) is 11.1. The quantitative estimate of drug-likeness (QED) is 0.103. The van der Waals surface area contributed by atoms with Crippen molar-refractivity contribution in [3.63, 3.8) is 0 Å². The van der Waals surface area contributed by atoms with Crippen LogP contribution in [-0.2, 0) is 6.54 Å². The molecule has 3 rings (SSSR count). The third-order valence-corrected chi connectivity index (χ3v) is 7.36. The molecule has 6 heteroatoms. The Morgan fingerprint density at radius 1 is 0.953 bits per heavy atom. The summed E-state index contributed by atoms with van der Waals surface area (Å²) in [6.07, 6.45) is 12.9. The van der Waals surface area contributed by atoms with Crippen molar-refractivity contribution < 1.29 is 14.3 Å². The van der Waals surface area contributed by atoms with Crippen molar-refractivity contribution in [2.24, 2.45) is 0 Å². The molecule has 0 bridgehead atoms. The summed E-state index contributed by atoms with van der Waals surface area (Å²) in [7, 11) is 0. The van der Waals surface area contributed by atoms with Crippen molar-refractivity contribution in [3.05, 3.63) is 99.6 Å². The first-order valence-electron chi connectivity index (χ1n) is 15.6. The van der Waals surface area contributed by atoms with Gasteiger partial charge in [-0.15, -0.1) is 0 Å². The maximum absolute atomic E-state index is 14.1. The second-order valence-electron chi connectivity index (χ2n) is 11.1. The number of nitrogens with one attached hydrogen (secondary N) is 1. The molecule has 0 atom stereocenters. The van der Waals surface area contributed by atoms with Gasteiger partial charge in [0, 0.05) is 29.6 Å². The minimum absolute atomic E-state index is 0.206. The zero-order valence-electron chi connectivity index (χ0n) is 26.8. The molecule has 0 fully saturated rings. The van der Waals surface area contributed by atoms with E-state index in [4.69, 9.17) is 9.47 Å². The van der Waals surface area contributed by atoms with E-state index in [1.54, 1.807) is 16.7 Å². The average molecular weight is 585 g/mol. The third-order valence-electron chi connectivity index (χ3n) is 7.36. The fourth-order valence-corrected chi connectivity index (χ4v) is 4.84. The SMILES string of the molecule is CC=C(CC)Oc1c(OC/C=C(\C)CCC=C(C)C)c(=O)n(CCCCCC)c2cc(NC(=O)c3ccccc3)ccc12. The highest BCUT2D eigenvalue weighted by Crippen LogP contribution is 2.36. The van der Waals surface area contributed by atoms with Crippen molar-refractivity contribution in [2.75, 3.05) is 11.9 Å². The van der Waals surface area contributed by atoms with Gasteiger partial charge in [0.1, 0.15) is 6.61 Å². The van der Waals surface area contributed by atoms with Crippen LogP contribution < -0.4 is 20.3 Å². The molecule has 1 aromatic heterocycles. The number of aryl methyl sites for hydroxylation is 1. The smallest absolute Gasteiger partial charge is 0.297 e. The highest BCUT2D eigenvalue weighted by Gasteiger charge is 2.21. The van der Waals surface area contributed by atoms with Gasteiger partial charge in [0.15, 0.2) is 5.75 Å². The molecule has 0 radical (unpaired) electrons. The Morgan fingerprint density at radius 3 is 2.40 bits per heavy atom. The Hall–Kier alpha value is -4.06. The largest absolute Gasteiger partial charge is 0.481 e. The summed E-state index contributed by atoms with van der Waals surface area (Å²) in [5.41, 5.74) is 4.17. The summed E-state index contributed by atoms with van der Waals surface area (Å²) in [6.45, 7) is 13.2. The Kier molecular flexibility index (Phi) is 13.3. The first-order chi connectivity index (χ1) is 20.8. The number of nitrogens with zero attached hydrogens (tertiary/aromatic N) is 1. The minimum atomic E-state index is -0.229. The van der Waals surface area contributed by atoms with E-state index < -0.39 is 0 Å². The fourth-order valence-electron chi connectivity index (χ4n) is 4.84. The molecule has 0 unspecified atom stereocenters. The van der Waals surface area contributed by atoms with Gasteiger partial charge in [0.2, 0.25) is 5.75 Å². The molecule has 6 nitrogen and oxygen atoms in total. The fraction of sp³-hybridized carbons (Fsp3) is 0.405. The van der Waals surface area contributed by atoms with Crippen molar-refractivity contribution in [1.82, 2.24) is 4.57 Å². The van der Waals surface area contributed by atoms with Gasteiger partial charge in [-0.1, -0.05) is 68.5 Å². The van der Waals surface area contributed by atoms with Crippen LogP contribution in [0, 0.1) is 0 Å². The first-order valence-corrected chi connectivity index (χ1v) is 15.6. The lowest BCUT2D eigenvalue weighted by Crippen LogP contribution is -2.24. The number of ether oxygens (including phenoxy) is 2. The number of fused-ring (bicyclic) bond motifs is 1. The molecular formula is C37H48N2O4. The van der Waals surface area contributed by atoms with E-state index in [0.717, 1.165) is 49.7 Å². The van der Waals surface area contributed by atoms with E-state index in [9.17, 15) is 9.59 Å². The van der Waals surface area contributed by atoms with Gasteiger partial charge in [-0.25, -0.2) is 0 Å². The topological polar surface area (TPSA) is 69.6 Å². The monoisotopic (exact) mass is 584 g/mol. The van der Waals surface area contributed by atoms with Crippen molar-refractivity contribution >= 4 is 22.5 Å². The molecule has 1 N–H and O–H groups in total. The number of aromatic nitrogens is 1. The van der Waals surface area contributed by atoms with Crippen molar-refractivity contribution in [2.45, 2.75) is 93.0 Å².